The number of rotatable bonds is 5. The number of nitrogens with zero attached hydrogens (tertiary/aromatic N) is 4. The monoisotopic (exact) mass is 253 g/mol. The highest BCUT2D eigenvalue weighted by Gasteiger charge is 2.15. The number of nitrogens with two attached hydrogens (primary N) is 1. The zero-order chi connectivity index (χ0) is 13.0. The van der Waals surface area contributed by atoms with Gasteiger partial charge in [-0.1, -0.05) is 19.1 Å². The first-order valence-electron chi connectivity index (χ1n) is 6.62. The van der Waals surface area contributed by atoms with Gasteiger partial charge in [0.1, 0.15) is 0 Å². The lowest BCUT2D eigenvalue weighted by Crippen LogP contribution is -2.38. The maximum Gasteiger partial charge on any atom is 0.0996 e. The van der Waals surface area contributed by atoms with E-state index in [1.807, 2.05) is 10.9 Å². The van der Waals surface area contributed by atoms with Gasteiger partial charge in [-0.2, -0.15) is 0 Å². The van der Waals surface area contributed by atoms with Crippen LogP contribution >= 0.6 is 0 Å². The van der Waals surface area contributed by atoms with E-state index in [1.165, 1.54) is 0 Å². The van der Waals surface area contributed by atoms with Gasteiger partial charge in [-0.05, 0) is 5.92 Å². The van der Waals surface area contributed by atoms with Gasteiger partial charge in [-0.15, -0.1) is 5.10 Å². The van der Waals surface area contributed by atoms with Crippen LogP contribution in [0.15, 0.2) is 6.20 Å². The number of hydrogen-bond donors (Lipinski definition) is 1. The maximum atomic E-state index is 6.05. The van der Waals surface area contributed by atoms with Crippen molar-refractivity contribution in [1.82, 2.24) is 19.9 Å². The minimum absolute atomic E-state index is 0.0258. The number of morpholine rings is 1. The summed E-state index contributed by atoms with van der Waals surface area (Å²) in [5.74, 6) is 0.384. The number of ether oxygens (including phenoxy) is 1. The molecule has 6 nitrogen and oxygen atoms in total. The first kappa shape index (κ1) is 13.5. The quantitative estimate of drug-likeness (QED) is 0.815. The van der Waals surface area contributed by atoms with Gasteiger partial charge < -0.3 is 10.5 Å². The fraction of sp³-hybridized carbons (Fsp3) is 0.833. The Labute approximate surface area is 108 Å². The molecule has 0 aromatic carbocycles. The molecule has 1 aromatic heterocycles. The van der Waals surface area contributed by atoms with Crippen LogP contribution < -0.4 is 5.73 Å². The van der Waals surface area contributed by atoms with Crippen molar-refractivity contribution < 1.29 is 4.74 Å². The Morgan fingerprint density at radius 2 is 2.06 bits per heavy atom. The molecule has 0 radical (unpaired) electrons. The SMILES string of the molecule is CC(C)C(N)c1cn(CCN2CCOCC2)nn1. The summed E-state index contributed by atoms with van der Waals surface area (Å²) in [6, 6.07) is -0.0258. The van der Waals surface area contributed by atoms with Gasteiger partial charge in [0.25, 0.3) is 0 Å². The summed E-state index contributed by atoms with van der Waals surface area (Å²) in [6.45, 7) is 9.72. The summed E-state index contributed by atoms with van der Waals surface area (Å²) in [5, 5.41) is 8.28. The van der Waals surface area contributed by atoms with Crippen LogP contribution in [0.3, 0.4) is 0 Å². The minimum atomic E-state index is -0.0258. The molecule has 6 heteroatoms. The molecule has 1 aromatic rings. The predicted molar refractivity (Wildman–Crippen MR) is 69.0 cm³/mol. The molecular formula is C12H23N5O. The minimum Gasteiger partial charge on any atom is -0.379 e. The molecule has 1 atom stereocenters. The fourth-order valence-electron chi connectivity index (χ4n) is 1.99. The molecule has 102 valence electrons. The van der Waals surface area contributed by atoms with Crippen LogP contribution in [0.2, 0.25) is 0 Å². The van der Waals surface area contributed by atoms with Crippen LogP contribution in [0.1, 0.15) is 25.6 Å². The summed E-state index contributed by atoms with van der Waals surface area (Å²) < 4.78 is 7.20. The van der Waals surface area contributed by atoms with Gasteiger partial charge in [0.15, 0.2) is 0 Å². The predicted octanol–water partition coefficient (Wildman–Crippen LogP) is 0.266. The topological polar surface area (TPSA) is 69.2 Å². The van der Waals surface area contributed by atoms with Crippen molar-refractivity contribution >= 4 is 0 Å². The van der Waals surface area contributed by atoms with Crippen LogP contribution in [0, 0.1) is 5.92 Å². The summed E-state index contributed by atoms with van der Waals surface area (Å²) >= 11 is 0. The second kappa shape index (κ2) is 6.26. The molecule has 2 N–H and O–H groups in total. The van der Waals surface area contributed by atoms with E-state index >= 15 is 0 Å². The average Bonchev–Trinajstić information content (AvgIpc) is 2.85. The normalized spacial score (nSPS) is 19.3. The van der Waals surface area contributed by atoms with Gasteiger partial charge >= 0.3 is 0 Å². The zero-order valence-corrected chi connectivity index (χ0v) is 11.2. The Hall–Kier alpha value is -0.980. The van der Waals surface area contributed by atoms with Gasteiger partial charge in [0.05, 0.1) is 37.7 Å². The molecule has 0 saturated carbocycles. The molecule has 1 unspecified atom stereocenters. The Morgan fingerprint density at radius 1 is 1.33 bits per heavy atom. The molecule has 0 aliphatic carbocycles. The number of hydrogen-bond acceptors (Lipinski definition) is 5. The smallest absolute Gasteiger partial charge is 0.0996 e. The third kappa shape index (κ3) is 3.51. The Balaban J connectivity index is 1.82. The molecule has 1 fully saturated rings. The molecule has 1 aliphatic rings. The Morgan fingerprint density at radius 3 is 2.72 bits per heavy atom. The molecule has 2 rings (SSSR count). The highest BCUT2D eigenvalue weighted by atomic mass is 16.5. The van der Waals surface area contributed by atoms with E-state index in [1.54, 1.807) is 0 Å². The van der Waals surface area contributed by atoms with Crippen molar-refractivity contribution in [3.63, 3.8) is 0 Å². The molecular weight excluding hydrogens is 230 g/mol. The molecule has 0 bridgehead atoms. The van der Waals surface area contributed by atoms with Crippen molar-refractivity contribution in [2.75, 3.05) is 32.8 Å². The van der Waals surface area contributed by atoms with E-state index in [2.05, 4.69) is 29.1 Å². The lowest BCUT2D eigenvalue weighted by molar-refractivity contribution is 0.0359. The molecule has 1 aliphatic heterocycles. The molecule has 18 heavy (non-hydrogen) atoms. The standard InChI is InChI=1S/C12H23N5O/c1-10(2)12(13)11-9-17(15-14-11)4-3-16-5-7-18-8-6-16/h9-10,12H,3-8,13H2,1-2H3. The fourth-order valence-corrected chi connectivity index (χ4v) is 1.99. The van der Waals surface area contributed by atoms with Gasteiger partial charge in [-0.3, -0.25) is 9.58 Å². The van der Waals surface area contributed by atoms with E-state index in [9.17, 15) is 0 Å². The van der Waals surface area contributed by atoms with Crippen LogP contribution in [0.5, 0.6) is 0 Å². The molecule has 0 amide bonds. The molecule has 0 spiro atoms. The van der Waals surface area contributed by atoms with Gasteiger partial charge in [-0.25, -0.2) is 0 Å². The Kier molecular flexibility index (Phi) is 4.68. The first-order valence-corrected chi connectivity index (χ1v) is 6.62. The third-order valence-corrected chi connectivity index (χ3v) is 3.37. The maximum absolute atomic E-state index is 6.05. The lowest BCUT2D eigenvalue weighted by atomic mass is 10.0. The molecule has 2 heterocycles. The third-order valence-electron chi connectivity index (χ3n) is 3.37. The van der Waals surface area contributed by atoms with Crippen LogP contribution in [0.25, 0.3) is 0 Å². The van der Waals surface area contributed by atoms with Crippen molar-refractivity contribution in [3.8, 4) is 0 Å². The summed E-state index contributed by atoms with van der Waals surface area (Å²) in [4.78, 5) is 2.38. The van der Waals surface area contributed by atoms with Crippen molar-refractivity contribution in [1.29, 1.82) is 0 Å². The second-order valence-corrected chi connectivity index (χ2v) is 5.13. The van der Waals surface area contributed by atoms with E-state index < -0.39 is 0 Å². The summed E-state index contributed by atoms with van der Waals surface area (Å²) in [5.41, 5.74) is 6.93. The van der Waals surface area contributed by atoms with Crippen LogP contribution in [0.4, 0.5) is 0 Å². The highest BCUT2D eigenvalue weighted by molar-refractivity contribution is 5.00. The van der Waals surface area contributed by atoms with E-state index in [0.717, 1.165) is 45.1 Å². The zero-order valence-electron chi connectivity index (χ0n) is 11.2. The van der Waals surface area contributed by atoms with E-state index in [0.29, 0.717) is 5.92 Å². The summed E-state index contributed by atoms with van der Waals surface area (Å²) in [7, 11) is 0. The van der Waals surface area contributed by atoms with Crippen molar-refractivity contribution in [3.05, 3.63) is 11.9 Å². The molecule has 1 saturated heterocycles. The highest BCUT2D eigenvalue weighted by Crippen LogP contribution is 2.15. The lowest BCUT2D eigenvalue weighted by Gasteiger charge is -2.26. The number of aromatic nitrogens is 3. The Bertz CT molecular complexity index is 359. The average molecular weight is 253 g/mol. The van der Waals surface area contributed by atoms with E-state index in [-0.39, 0.29) is 6.04 Å². The van der Waals surface area contributed by atoms with Gasteiger partial charge in [0, 0.05) is 19.6 Å². The van der Waals surface area contributed by atoms with Crippen LogP contribution in [-0.2, 0) is 11.3 Å². The van der Waals surface area contributed by atoms with E-state index in [4.69, 9.17) is 10.5 Å². The van der Waals surface area contributed by atoms with Gasteiger partial charge in [0.2, 0.25) is 0 Å². The largest absolute Gasteiger partial charge is 0.379 e. The van der Waals surface area contributed by atoms with Crippen LogP contribution in [-0.4, -0.2) is 52.7 Å². The first-order chi connectivity index (χ1) is 8.66. The summed E-state index contributed by atoms with van der Waals surface area (Å²) in [6.07, 6.45) is 1.96. The second-order valence-electron chi connectivity index (χ2n) is 5.13. The van der Waals surface area contributed by atoms with Crippen molar-refractivity contribution in [2.24, 2.45) is 11.7 Å². The van der Waals surface area contributed by atoms with Crippen molar-refractivity contribution in [2.45, 2.75) is 26.4 Å².